The van der Waals surface area contributed by atoms with Crippen molar-refractivity contribution < 1.29 is 4.42 Å². The molecule has 262 valence electrons. The number of furan rings is 1. The number of hydrogen-bond acceptors (Lipinski definition) is 4. The molecule has 2 heterocycles. The van der Waals surface area contributed by atoms with E-state index in [1.807, 2.05) is 36.4 Å². The minimum absolute atomic E-state index is 0.126. The van der Waals surface area contributed by atoms with Gasteiger partial charge < -0.3 is 4.42 Å². The lowest BCUT2D eigenvalue weighted by atomic mass is 9.67. The Labute approximate surface area is 320 Å². The van der Waals surface area contributed by atoms with Crippen molar-refractivity contribution in [2.45, 2.75) is 37.5 Å². The second kappa shape index (κ2) is 12.7. The average molecular weight is 708 g/mol. The molecule has 9 aromatic rings. The third kappa shape index (κ3) is 5.32. The van der Waals surface area contributed by atoms with E-state index in [4.69, 9.17) is 19.4 Å². The maximum atomic E-state index is 6.64. The Morgan fingerprint density at radius 1 is 0.364 bits per heavy atom. The van der Waals surface area contributed by atoms with E-state index in [1.165, 1.54) is 71.0 Å². The van der Waals surface area contributed by atoms with E-state index in [2.05, 4.69) is 127 Å². The Balaban J connectivity index is 0.974. The highest BCUT2D eigenvalue weighted by molar-refractivity contribution is 6.07. The summed E-state index contributed by atoms with van der Waals surface area (Å²) in [6, 6.07) is 58.1. The third-order valence-corrected chi connectivity index (χ3v) is 12.0. The molecular weight excluding hydrogens is 671 g/mol. The molecule has 2 aromatic heterocycles. The Bertz CT molecular complexity index is 2890. The summed E-state index contributed by atoms with van der Waals surface area (Å²) in [7, 11) is 0. The molecular formula is C51H37N3O. The van der Waals surface area contributed by atoms with Crippen molar-refractivity contribution >= 4 is 21.9 Å². The van der Waals surface area contributed by atoms with Crippen LogP contribution in [0.15, 0.2) is 168 Å². The summed E-state index contributed by atoms with van der Waals surface area (Å²) >= 11 is 0. The van der Waals surface area contributed by atoms with Crippen molar-refractivity contribution in [3.05, 3.63) is 175 Å². The van der Waals surface area contributed by atoms with Crippen LogP contribution in [0.1, 0.15) is 43.2 Å². The molecule has 0 bridgehead atoms. The van der Waals surface area contributed by atoms with Crippen LogP contribution in [0, 0.1) is 0 Å². The molecule has 0 unspecified atom stereocenters. The zero-order valence-electron chi connectivity index (χ0n) is 30.4. The van der Waals surface area contributed by atoms with Gasteiger partial charge >= 0.3 is 0 Å². The molecule has 2 aliphatic carbocycles. The van der Waals surface area contributed by atoms with Gasteiger partial charge in [0.25, 0.3) is 0 Å². The highest BCUT2D eigenvalue weighted by Crippen LogP contribution is 2.56. The molecule has 7 aromatic carbocycles. The van der Waals surface area contributed by atoms with Crippen molar-refractivity contribution in [1.29, 1.82) is 0 Å². The fraction of sp³-hybridized carbons (Fsp3) is 0.118. The van der Waals surface area contributed by atoms with Crippen molar-refractivity contribution in [3.63, 3.8) is 0 Å². The first-order valence-electron chi connectivity index (χ1n) is 19.4. The van der Waals surface area contributed by atoms with Crippen LogP contribution < -0.4 is 0 Å². The van der Waals surface area contributed by atoms with E-state index in [1.54, 1.807) is 0 Å². The van der Waals surface area contributed by atoms with Crippen LogP contribution in [0.4, 0.5) is 0 Å². The summed E-state index contributed by atoms with van der Waals surface area (Å²) in [5, 5.41) is 2.17. The summed E-state index contributed by atoms with van der Waals surface area (Å²) in [6.45, 7) is 0. The van der Waals surface area contributed by atoms with Crippen molar-refractivity contribution in [1.82, 2.24) is 15.0 Å². The maximum Gasteiger partial charge on any atom is 0.164 e. The predicted octanol–water partition coefficient (Wildman–Crippen LogP) is 13.3. The first-order chi connectivity index (χ1) is 27.2. The molecule has 0 atom stereocenters. The highest BCUT2D eigenvalue weighted by Gasteiger charge is 2.43. The van der Waals surface area contributed by atoms with Gasteiger partial charge in [-0.15, -0.1) is 0 Å². The highest BCUT2D eigenvalue weighted by atomic mass is 16.3. The largest absolute Gasteiger partial charge is 0.456 e. The topological polar surface area (TPSA) is 51.8 Å². The van der Waals surface area contributed by atoms with Crippen LogP contribution in [-0.4, -0.2) is 15.0 Å². The molecule has 55 heavy (non-hydrogen) atoms. The zero-order chi connectivity index (χ0) is 36.3. The quantitative estimate of drug-likeness (QED) is 0.179. The lowest BCUT2D eigenvalue weighted by Gasteiger charge is -2.36. The van der Waals surface area contributed by atoms with Gasteiger partial charge in [0.2, 0.25) is 0 Å². The number of aromatic nitrogens is 3. The molecule has 4 heteroatoms. The summed E-state index contributed by atoms with van der Waals surface area (Å²) in [5.41, 5.74) is 15.1. The third-order valence-electron chi connectivity index (χ3n) is 12.0. The first-order valence-corrected chi connectivity index (χ1v) is 19.4. The Morgan fingerprint density at radius 2 is 0.836 bits per heavy atom. The van der Waals surface area contributed by atoms with Gasteiger partial charge in [0.1, 0.15) is 11.2 Å². The Kier molecular flexibility index (Phi) is 7.38. The summed E-state index contributed by atoms with van der Waals surface area (Å²) in [4.78, 5) is 15.0. The molecule has 11 rings (SSSR count). The minimum atomic E-state index is 0.126. The number of fused-ring (bicyclic) bond motifs is 8. The first kappa shape index (κ1) is 31.8. The molecule has 4 nitrogen and oxygen atoms in total. The number of benzene rings is 7. The number of hydrogen-bond donors (Lipinski definition) is 0. The van der Waals surface area contributed by atoms with Crippen LogP contribution in [0.2, 0.25) is 0 Å². The van der Waals surface area contributed by atoms with E-state index >= 15 is 0 Å². The summed E-state index contributed by atoms with van der Waals surface area (Å²) in [6.07, 6.45) is 6.34. The molecule has 2 aliphatic rings. The summed E-state index contributed by atoms with van der Waals surface area (Å²) in [5.74, 6) is 1.87. The summed E-state index contributed by atoms with van der Waals surface area (Å²) < 4.78 is 6.64. The van der Waals surface area contributed by atoms with Crippen molar-refractivity contribution in [3.8, 4) is 67.5 Å². The predicted molar refractivity (Wildman–Crippen MR) is 224 cm³/mol. The molecule has 1 spiro atoms. The Morgan fingerprint density at radius 3 is 1.55 bits per heavy atom. The van der Waals surface area contributed by atoms with Crippen molar-refractivity contribution in [2.24, 2.45) is 0 Å². The molecule has 1 fully saturated rings. The van der Waals surface area contributed by atoms with Gasteiger partial charge in [-0.25, -0.2) is 15.0 Å². The standard InChI is InChI=1S/C51H37N3O/c1-4-12-33(13-5-1)34-18-20-36(21-19-34)49-52-48(35-14-6-2-7-15-35)53-50(54-49)39-24-27-43-42-26-23-38(31-46(42)55-47(43)32-39)37-22-25-41-40-16-8-9-17-44(40)51(45(41)30-37)28-10-3-11-29-51/h1-2,4-9,12-27,30-32H,3,10-11,28-29H2. The fourth-order valence-electron chi connectivity index (χ4n) is 9.22. The molecule has 0 aliphatic heterocycles. The van der Waals surface area contributed by atoms with E-state index < -0.39 is 0 Å². The molecule has 1 saturated carbocycles. The molecule has 0 N–H and O–H groups in total. The van der Waals surface area contributed by atoms with Crippen LogP contribution in [0.3, 0.4) is 0 Å². The van der Waals surface area contributed by atoms with Gasteiger partial charge in [0.05, 0.1) is 0 Å². The lowest BCUT2D eigenvalue weighted by molar-refractivity contribution is 0.353. The molecule has 0 radical (unpaired) electrons. The molecule has 0 saturated heterocycles. The Hall–Kier alpha value is -6.65. The van der Waals surface area contributed by atoms with Crippen molar-refractivity contribution in [2.75, 3.05) is 0 Å². The fourth-order valence-corrected chi connectivity index (χ4v) is 9.22. The number of rotatable bonds is 5. The van der Waals surface area contributed by atoms with Gasteiger partial charge in [0.15, 0.2) is 17.5 Å². The van der Waals surface area contributed by atoms with Crippen LogP contribution in [0.5, 0.6) is 0 Å². The van der Waals surface area contributed by atoms with E-state index in [0.29, 0.717) is 17.5 Å². The maximum absolute atomic E-state index is 6.64. The smallest absolute Gasteiger partial charge is 0.164 e. The van der Waals surface area contributed by atoms with Gasteiger partial charge in [-0.3, -0.25) is 0 Å². The average Bonchev–Trinajstić information content (AvgIpc) is 3.76. The normalized spacial score (nSPS) is 14.3. The molecule has 0 amide bonds. The van der Waals surface area contributed by atoms with Gasteiger partial charge in [-0.05, 0) is 87.7 Å². The number of nitrogens with zero attached hydrogens (tertiary/aromatic N) is 3. The lowest BCUT2D eigenvalue weighted by Crippen LogP contribution is -2.28. The van der Waals surface area contributed by atoms with Crippen LogP contribution in [0.25, 0.3) is 89.5 Å². The van der Waals surface area contributed by atoms with E-state index in [-0.39, 0.29) is 5.41 Å². The van der Waals surface area contributed by atoms with Gasteiger partial charge in [0, 0.05) is 32.9 Å². The second-order valence-corrected chi connectivity index (χ2v) is 15.1. The van der Waals surface area contributed by atoms with Crippen LogP contribution in [-0.2, 0) is 5.41 Å². The van der Waals surface area contributed by atoms with Crippen LogP contribution >= 0.6 is 0 Å². The van der Waals surface area contributed by atoms with E-state index in [9.17, 15) is 0 Å². The van der Waals surface area contributed by atoms with Gasteiger partial charge in [-0.2, -0.15) is 0 Å². The van der Waals surface area contributed by atoms with Gasteiger partial charge in [-0.1, -0.05) is 153 Å². The zero-order valence-corrected chi connectivity index (χ0v) is 30.4. The SMILES string of the molecule is c1ccc(-c2ccc(-c3nc(-c4ccccc4)nc(-c4ccc5c(c4)oc4cc(-c6ccc7c(c6)C6(CCCCC6)c6ccccc6-7)ccc45)n3)cc2)cc1. The monoisotopic (exact) mass is 707 g/mol. The van der Waals surface area contributed by atoms with E-state index in [0.717, 1.165) is 44.2 Å². The minimum Gasteiger partial charge on any atom is -0.456 e. The second-order valence-electron chi connectivity index (χ2n) is 15.1.